The lowest BCUT2D eigenvalue weighted by Gasteiger charge is -2.08. The highest BCUT2D eigenvalue weighted by molar-refractivity contribution is 4.93. The molecule has 0 aliphatic carbocycles. The van der Waals surface area contributed by atoms with Crippen molar-refractivity contribution in [3.63, 3.8) is 0 Å². The summed E-state index contributed by atoms with van der Waals surface area (Å²) in [6.07, 6.45) is 2.96. The second kappa shape index (κ2) is 4.24. The third-order valence-electron chi connectivity index (χ3n) is 0.879. The smallest absolute Gasteiger partial charge is 0.0920 e. The van der Waals surface area contributed by atoms with Crippen LogP contribution in [-0.2, 0) is 0 Å². The molecule has 0 aliphatic rings. The molecule has 0 aromatic carbocycles. The summed E-state index contributed by atoms with van der Waals surface area (Å²) >= 11 is 0. The lowest BCUT2D eigenvalue weighted by atomic mass is 10.4. The first kappa shape index (κ1) is 8.34. The summed E-state index contributed by atoms with van der Waals surface area (Å²) < 4.78 is 0. The molecule has 0 aromatic rings. The zero-order valence-corrected chi connectivity index (χ0v) is 6.44. The van der Waals surface area contributed by atoms with Gasteiger partial charge in [-0.15, -0.1) is 0 Å². The first-order valence-electron chi connectivity index (χ1n) is 3.39. The van der Waals surface area contributed by atoms with Gasteiger partial charge in [-0.25, -0.2) is 0 Å². The van der Waals surface area contributed by atoms with Gasteiger partial charge in [-0.05, 0) is 26.3 Å². The van der Waals surface area contributed by atoms with Gasteiger partial charge in [-0.3, -0.25) is 0 Å². The molecule has 0 spiro atoms. The van der Waals surface area contributed by atoms with Gasteiger partial charge in [0.1, 0.15) is 0 Å². The Balaban J connectivity index is 3.49. The normalized spacial score (nSPS) is 12.2. The Bertz CT molecular complexity index is 95.1. The Hall–Kier alpha value is -0.660. The first-order valence-corrected chi connectivity index (χ1v) is 3.39. The topological polar surface area (TPSA) is 38.0 Å². The van der Waals surface area contributed by atoms with E-state index < -0.39 is 0 Å². The molecule has 0 amide bonds. The van der Waals surface area contributed by atoms with Crippen molar-refractivity contribution in [2.75, 3.05) is 0 Å². The van der Waals surface area contributed by atoms with Crippen molar-refractivity contribution < 1.29 is 0 Å². The Morgan fingerprint density at radius 1 is 1.67 bits per heavy atom. The molecule has 0 unspecified atom stereocenters. The first-order chi connectivity index (χ1) is 4.16. The van der Waals surface area contributed by atoms with Crippen LogP contribution in [0, 0.1) is 0 Å². The van der Waals surface area contributed by atoms with Gasteiger partial charge in [-0.2, -0.15) is 0 Å². The fraction of sp³-hybridized carbons (Fsp3) is 0.714. The summed E-state index contributed by atoms with van der Waals surface area (Å²) in [4.78, 5) is 0. The van der Waals surface area contributed by atoms with Gasteiger partial charge in [0.05, 0.1) is 5.82 Å². The van der Waals surface area contributed by atoms with Gasteiger partial charge in [0.15, 0.2) is 0 Å². The lowest BCUT2D eigenvalue weighted by molar-refractivity contribution is 0.660. The number of hydrogen-bond acceptors (Lipinski definition) is 2. The minimum atomic E-state index is 0.438. The number of nitrogens with one attached hydrogen (secondary N) is 1. The average Bonchev–Trinajstić information content (AvgIpc) is 1.63. The molecular formula is C7H16N2. The van der Waals surface area contributed by atoms with E-state index in [-0.39, 0.29) is 0 Å². The highest BCUT2D eigenvalue weighted by atomic mass is 15.0. The molecule has 0 saturated carbocycles. The van der Waals surface area contributed by atoms with Gasteiger partial charge in [-0.1, -0.05) is 6.92 Å². The lowest BCUT2D eigenvalue weighted by Crippen LogP contribution is -2.26. The van der Waals surface area contributed by atoms with Gasteiger partial charge < -0.3 is 11.1 Å². The van der Waals surface area contributed by atoms with Crippen molar-refractivity contribution in [2.45, 2.75) is 33.2 Å². The molecule has 0 fully saturated rings. The predicted octanol–water partition coefficient (Wildman–Crippen LogP) is 1.19. The second-order valence-corrected chi connectivity index (χ2v) is 2.37. The molecule has 0 bridgehead atoms. The summed E-state index contributed by atoms with van der Waals surface area (Å²) in [6, 6.07) is 0.438. The van der Waals surface area contributed by atoms with Crippen LogP contribution < -0.4 is 11.1 Å². The second-order valence-electron chi connectivity index (χ2n) is 2.37. The number of rotatable bonds is 3. The highest BCUT2D eigenvalue weighted by Crippen LogP contribution is 1.85. The van der Waals surface area contributed by atoms with Gasteiger partial charge in [0, 0.05) is 6.04 Å². The molecule has 0 saturated heterocycles. The maximum absolute atomic E-state index is 5.54. The maximum Gasteiger partial charge on any atom is 0.0920 e. The molecule has 0 atom stereocenters. The van der Waals surface area contributed by atoms with E-state index in [0.717, 1.165) is 12.2 Å². The molecule has 0 aromatic heterocycles. The van der Waals surface area contributed by atoms with E-state index in [4.69, 9.17) is 5.73 Å². The van der Waals surface area contributed by atoms with Crippen molar-refractivity contribution >= 4 is 0 Å². The van der Waals surface area contributed by atoms with E-state index in [0.29, 0.717) is 6.04 Å². The highest BCUT2D eigenvalue weighted by Gasteiger charge is 1.89. The molecule has 2 heteroatoms. The van der Waals surface area contributed by atoms with E-state index in [2.05, 4.69) is 26.1 Å². The van der Waals surface area contributed by atoms with Gasteiger partial charge in [0.25, 0.3) is 0 Å². The van der Waals surface area contributed by atoms with Crippen molar-refractivity contribution in [1.29, 1.82) is 0 Å². The minimum Gasteiger partial charge on any atom is -0.386 e. The van der Waals surface area contributed by atoms with E-state index in [9.17, 15) is 0 Å². The third-order valence-corrected chi connectivity index (χ3v) is 0.879. The molecule has 54 valence electrons. The fourth-order valence-electron chi connectivity index (χ4n) is 0.612. The van der Waals surface area contributed by atoms with Crippen LogP contribution in [0.5, 0.6) is 0 Å². The van der Waals surface area contributed by atoms with E-state index in [1.54, 1.807) is 0 Å². The van der Waals surface area contributed by atoms with E-state index in [1.165, 1.54) is 0 Å². The van der Waals surface area contributed by atoms with Crippen molar-refractivity contribution in [3.05, 3.63) is 11.9 Å². The zero-order valence-electron chi connectivity index (χ0n) is 6.44. The molecule has 0 rings (SSSR count). The summed E-state index contributed by atoms with van der Waals surface area (Å²) in [5, 5.41) is 3.08. The summed E-state index contributed by atoms with van der Waals surface area (Å²) in [7, 11) is 0. The van der Waals surface area contributed by atoms with E-state index >= 15 is 0 Å². The fourth-order valence-corrected chi connectivity index (χ4v) is 0.612. The monoisotopic (exact) mass is 128 g/mol. The predicted molar refractivity (Wildman–Crippen MR) is 40.8 cm³/mol. The SMILES string of the molecule is CC/C=C(\N)NC(C)C. The number of allylic oxidation sites excluding steroid dienone is 1. The minimum absolute atomic E-state index is 0.438. The largest absolute Gasteiger partial charge is 0.386 e. The average molecular weight is 128 g/mol. The van der Waals surface area contributed by atoms with Crippen molar-refractivity contribution in [1.82, 2.24) is 5.32 Å². The summed E-state index contributed by atoms with van der Waals surface area (Å²) in [5.74, 6) is 0.785. The van der Waals surface area contributed by atoms with Crippen LogP contribution in [0.2, 0.25) is 0 Å². The molecule has 0 heterocycles. The standard InChI is InChI=1S/C7H16N2/c1-4-5-7(8)9-6(2)3/h5-6,9H,4,8H2,1-3H3/b7-5+. The van der Waals surface area contributed by atoms with Crippen LogP contribution in [-0.4, -0.2) is 6.04 Å². The van der Waals surface area contributed by atoms with Crippen LogP contribution in [0.4, 0.5) is 0 Å². The van der Waals surface area contributed by atoms with Gasteiger partial charge in [0.2, 0.25) is 0 Å². The Morgan fingerprint density at radius 3 is 2.56 bits per heavy atom. The van der Waals surface area contributed by atoms with E-state index in [1.807, 2.05) is 6.08 Å². The van der Waals surface area contributed by atoms with Crippen molar-refractivity contribution in [3.8, 4) is 0 Å². The Labute approximate surface area is 57.1 Å². The van der Waals surface area contributed by atoms with Crippen LogP contribution in [0.3, 0.4) is 0 Å². The maximum atomic E-state index is 5.54. The van der Waals surface area contributed by atoms with Crippen LogP contribution in [0.25, 0.3) is 0 Å². The van der Waals surface area contributed by atoms with Gasteiger partial charge >= 0.3 is 0 Å². The third kappa shape index (κ3) is 5.21. The van der Waals surface area contributed by atoms with Crippen LogP contribution >= 0.6 is 0 Å². The molecule has 9 heavy (non-hydrogen) atoms. The van der Waals surface area contributed by atoms with Crippen LogP contribution in [0.15, 0.2) is 11.9 Å². The molecule has 3 N–H and O–H groups in total. The molecule has 0 aliphatic heterocycles. The molecule has 0 radical (unpaired) electrons. The van der Waals surface area contributed by atoms with Crippen molar-refractivity contribution in [2.24, 2.45) is 5.73 Å². The summed E-state index contributed by atoms with van der Waals surface area (Å²) in [6.45, 7) is 6.20. The Morgan fingerprint density at radius 2 is 2.22 bits per heavy atom. The number of hydrogen-bond donors (Lipinski definition) is 2. The number of nitrogens with two attached hydrogens (primary N) is 1. The zero-order chi connectivity index (χ0) is 7.28. The summed E-state index contributed by atoms with van der Waals surface area (Å²) in [5.41, 5.74) is 5.54. The quantitative estimate of drug-likeness (QED) is 0.599. The van der Waals surface area contributed by atoms with Crippen LogP contribution in [0.1, 0.15) is 27.2 Å². The molecular weight excluding hydrogens is 112 g/mol. The Kier molecular flexibility index (Phi) is 3.93. The molecule has 2 nitrogen and oxygen atoms in total.